The first-order chi connectivity index (χ1) is 13.5. The molecule has 2 heterocycles. The number of hydrogen-bond donors (Lipinski definition) is 2. The predicted molar refractivity (Wildman–Crippen MR) is 109 cm³/mol. The Balaban J connectivity index is 1.71. The van der Waals surface area contributed by atoms with Gasteiger partial charge in [0.25, 0.3) is 11.5 Å². The first-order valence-corrected chi connectivity index (χ1v) is 9.30. The molecule has 3 rings (SSSR count). The molecular formula is C22H25N3O3. The van der Waals surface area contributed by atoms with Crippen LogP contribution >= 0.6 is 0 Å². The standard InChI is InChI=1S/C22H25N3O3/c1-4-15-7-9-16(10-8-15)19(25(2)3)14-23-21(26)17-11-12-18(24-22(17)27)20-6-5-13-28-20/h5-13,19H,4,14H2,1-3H3,(H,23,26)(H,24,27). The molecule has 146 valence electrons. The molecular weight excluding hydrogens is 354 g/mol. The van der Waals surface area contributed by atoms with Gasteiger partial charge in [-0.3, -0.25) is 9.59 Å². The van der Waals surface area contributed by atoms with Gasteiger partial charge in [-0.1, -0.05) is 31.2 Å². The molecule has 1 atom stereocenters. The summed E-state index contributed by atoms with van der Waals surface area (Å²) >= 11 is 0. The molecule has 0 radical (unpaired) electrons. The van der Waals surface area contributed by atoms with Crippen LogP contribution in [0.5, 0.6) is 0 Å². The number of likely N-dealkylation sites (N-methyl/N-ethyl adjacent to an activating group) is 1. The maximum Gasteiger partial charge on any atom is 0.261 e. The number of amides is 1. The fourth-order valence-electron chi connectivity index (χ4n) is 3.09. The van der Waals surface area contributed by atoms with Crippen molar-refractivity contribution in [3.63, 3.8) is 0 Å². The van der Waals surface area contributed by atoms with Crippen LogP contribution in [0.1, 0.15) is 34.5 Å². The van der Waals surface area contributed by atoms with Crippen LogP contribution in [0, 0.1) is 0 Å². The zero-order valence-corrected chi connectivity index (χ0v) is 16.4. The summed E-state index contributed by atoms with van der Waals surface area (Å²) in [5, 5.41) is 2.88. The van der Waals surface area contributed by atoms with Crippen LogP contribution < -0.4 is 10.9 Å². The number of carbonyl (C=O) groups is 1. The molecule has 3 aromatic rings. The molecule has 0 aliphatic heterocycles. The number of nitrogens with one attached hydrogen (secondary N) is 2. The van der Waals surface area contributed by atoms with Crippen molar-refractivity contribution in [2.45, 2.75) is 19.4 Å². The lowest BCUT2D eigenvalue weighted by molar-refractivity contribution is 0.0940. The number of hydrogen-bond acceptors (Lipinski definition) is 4. The first-order valence-electron chi connectivity index (χ1n) is 9.30. The highest BCUT2D eigenvalue weighted by atomic mass is 16.3. The first kappa shape index (κ1) is 19.6. The van der Waals surface area contributed by atoms with Gasteiger partial charge in [0.2, 0.25) is 0 Å². The number of aryl methyl sites for hydroxylation is 1. The second kappa shape index (κ2) is 8.71. The van der Waals surface area contributed by atoms with E-state index in [4.69, 9.17) is 4.42 Å². The molecule has 0 aliphatic carbocycles. The maximum absolute atomic E-state index is 12.5. The fourth-order valence-corrected chi connectivity index (χ4v) is 3.09. The molecule has 6 heteroatoms. The van der Waals surface area contributed by atoms with Crippen LogP contribution in [-0.4, -0.2) is 36.4 Å². The molecule has 2 N–H and O–H groups in total. The molecule has 0 fully saturated rings. The molecule has 28 heavy (non-hydrogen) atoms. The van der Waals surface area contributed by atoms with E-state index in [-0.39, 0.29) is 11.6 Å². The van der Waals surface area contributed by atoms with E-state index < -0.39 is 11.5 Å². The summed E-state index contributed by atoms with van der Waals surface area (Å²) in [5.74, 6) is 0.150. The molecule has 6 nitrogen and oxygen atoms in total. The molecule has 0 bridgehead atoms. The summed E-state index contributed by atoms with van der Waals surface area (Å²) in [5.41, 5.74) is 2.56. The van der Waals surface area contributed by atoms with Gasteiger partial charge in [0, 0.05) is 6.54 Å². The number of carbonyl (C=O) groups excluding carboxylic acids is 1. The third kappa shape index (κ3) is 4.40. The zero-order valence-electron chi connectivity index (χ0n) is 16.4. The summed E-state index contributed by atoms with van der Waals surface area (Å²) < 4.78 is 5.27. The Bertz CT molecular complexity index is 973. The Morgan fingerprint density at radius 3 is 2.46 bits per heavy atom. The van der Waals surface area contributed by atoms with E-state index in [1.54, 1.807) is 18.2 Å². The van der Waals surface area contributed by atoms with Crippen molar-refractivity contribution in [2.24, 2.45) is 0 Å². The summed E-state index contributed by atoms with van der Waals surface area (Å²) in [7, 11) is 3.94. The normalized spacial score (nSPS) is 12.1. The van der Waals surface area contributed by atoms with Gasteiger partial charge in [0.1, 0.15) is 11.3 Å². The van der Waals surface area contributed by atoms with E-state index in [1.165, 1.54) is 17.9 Å². The smallest absolute Gasteiger partial charge is 0.261 e. The van der Waals surface area contributed by atoms with Gasteiger partial charge in [-0.25, -0.2) is 0 Å². The maximum atomic E-state index is 12.5. The SMILES string of the molecule is CCc1ccc(C(CNC(=O)c2ccc(-c3ccco3)[nH]c2=O)N(C)C)cc1. The van der Waals surface area contributed by atoms with E-state index in [0.717, 1.165) is 12.0 Å². The molecule has 1 aromatic carbocycles. The fraction of sp³-hybridized carbons (Fsp3) is 0.273. The van der Waals surface area contributed by atoms with Crippen LogP contribution in [0.15, 0.2) is 64.0 Å². The van der Waals surface area contributed by atoms with E-state index in [9.17, 15) is 9.59 Å². The summed E-state index contributed by atoms with van der Waals surface area (Å²) in [6, 6.07) is 15.1. The summed E-state index contributed by atoms with van der Waals surface area (Å²) in [4.78, 5) is 29.6. The predicted octanol–water partition coefficient (Wildman–Crippen LogP) is 3.23. The minimum Gasteiger partial charge on any atom is -0.463 e. The number of nitrogens with zero attached hydrogens (tertiary/aromatic N) is 1. The van der Waals surface area contributed by atoms with E-state index in [2.05, 4.69) is 41.5 Å². The van der Waals surface area contributed by atoms with Crippen molar-refractivity contribution in [1.29, 1.82) is 0 Å². The number of rotatable bonds is 7. The highest BCUT2D eigenvalue weighted by Crippen LogP contribution is 2.19. The molecule has 0 spiro atoms. The second-order valence-corrected chi connectivity index (χ2v) is 6.88. The molecule has 0 saturated heterocycles. The summed E-state index contributed by atoms with van der Waals surface area (Å²) in [6.07, 6.45) is 2.52. The van der Waals surface area contributed by atoms with E-state index in [0.29, 0.717) is 18.0 Å². The number of furan rings is 1. The molecule has 0 aliphatic rings. The van der Waals surface area contributed by atoms with Gasteiger partial charge in [0.05, 0.1) is 18.0 Å². The van der Waals surface area contributed by atoms with Crippen LogP contribution in [0.3, 0.4) is 0 Å². The van der Waals surface area contributed by atoms with Crippen molar-refractivity contribution in [3.8, 4) is 11.5 Å². The van der Waals surface area contributed by atoms with E-state index >= 15 is 0 Å². The van der Waals surface area contributed by atoms with Gasteiger partial charge in [-0.15, -0.1) is 0 Å². The van der Waals surface area contributed by atoms with Crippen LogP contribution in [0.2, 0.25) is 0 Å². The van der Waals surface area contributed by atoms with E-state index in [1.807, 2.05) is 19.0 Å². The number of aromatic amines is 1. The number of H-pyrrole nitrogens is 1. The number of aromatic nitrogens is 1. The third-order valence-corrected chi connectivity index (χ3v) is 4.79. The molecule has 1 unspecified atom stereocenters. The number of benzene rings is 1. The van der Waals surface area contributed by atoms with Gasteiger partial charge < -0.3 is 19.6 Å². The van der Waals surface area contributed by atoms with Crippen LogP contribution in [0.25, 0.3) is 11.5 Å². The molecule has 0 saturated carbocycles. The Morgan fingerprint density at radius 1 is 1.14 bits per heavy atom. The van der Waals surface area contributed by atoms with Crippen molar-refractivity contribution in [3.05, 3.63) is 81.8 Å². The highest BCUT2D eigenvalue weighted by Gasteiger charge is 2.18. The summed E-state index contributed by atoms with van der Waals surface area (Å²) in [6.45, 7) is 2.52. The zero-order chi connectivity index (χ0) is 20.1. The quantitative estimate of drug-likeness (QED) is 0.661. The highest BCUT2D eigenvalue weighted by molar-refractivity contribution is 5.94. The van der Waals surface area contributed by atoms with Crippen molar-refractivity contribution >= 4 is 5.91 Å². The van der Waals surface area contributed by atoms with Crippen molar-refractivity contribution in [2.75, 3.05) is 20.6 Å². The average Bonchev–Trinajstić information content (AvgIpc) is 3.23. The Hall–Kier alpha value is -3.12. The Labute approximate surface area is 164 Å². The minimum atomic E-state index is -0.444. The van der Waals surface area contributed by atoms with Gasteiger partial charge in [0.15, 0.2) is 0 Å². The van der Waals surface area contributed by atoms with Gasteiger partial charge in [-0.05, 0) is 55.9 Å². The molecule has 2 aromatic heterocycles. The van der Waals surface area contributed by atoms with Crippen LogP contribution in [-0.2, 0) is 6.42 Å². The lowest BCUT2D eigenvalue weighted by Crippen LogP contribution is -2.36. The topological polar surface area (TPSA) is 78.3 Å². The van der Waals surface area contributed by atoms with Crippen molar-refractivity contribution in [1.82, 2.24) is 15.2 Å². The van der Waals surface area contributed by atoms with Gasteiger partial charge >= 0.3 is 0 Å². The van der Waals surface area contributed by atoms with Crippen LogP contribution in [0.4, 0.5) is 0 Å². The van der Waals surface area contributed by atoms with Gasteiger partial charge in [-0.2, -0.15) is 0 Å². The molecule has 1 amide bonds. The lowest BCUT2D eigenvalue weighted by atomic mass is 10.0. The Kier molecular flexibility index (Phi) is 6.11. The Morgan fingerprint density at radius 2 is 1.89 bits per heavy atom. The monoisotopic (exact) mass is 379 g/mol. The third-order valence-electron chi connectivity index (χ3n) is 4.79. The van der Waals surface area contributed by atoms with Crippen molar-refractivity contribution < 1.29 is 9.21 Å². The minimum absolute atomic E-state index is 0.0105. The average molecular weight is 379 g/mol. The largest absolute Gasteiger partial charge is 0.463 e. The second-order valence-electron chi connectivity index (χ2n) is 6.88. The lowest BCUT2D eigenvalue weighted by Gasteiger charge is -2.25. The number of pyridine rings is 1.